The van der Waals surface area contributed by atoms with Gasteiger partial charge in [-0.25, -0.2) is 0 Å². The van der Waals surface area contributed by atoms with Crippen LogP contribution < -0.4 is 10.6 Å². The van der Waals surface area contributed by atoms with E-state index in [0.29, 0.717) is 25.1 Å². The molecule has 0 aliphatic heterocycles. The summed E-state index contributed by atoms with van der Waals surface area (Å²) in [7, 11) is 0. The summed E-state index contributed by atoms with van der Waals surface area (Å²) in [5.41, 5.74) is 0.647. The van der Waals surface area contributed by atoms with E-state index in [0.717, 1.165) is 12.2 Å². The Bertz CT molecular complexity index is 621. The minimum atomic E-state index is -0.0875. The zero-order valence-electron chi connectivity index (χ0n) is 12.0. The van der Waals surface area contributed by atoms with Gasteiger partial charge in [0, 0.05) is 31.0 Å². The third-order valence-electron chi connectivity index (χ3n) is 3.70. The number of rotatable bonds is 7. The molecule has 0 aromatic carbocycles. The average molecular weight is 302 g/mol. The molecule has 7 heteroatoms. The summed E-state index contributed by atoms with van der Waals surface area (Å²) in [6.07, 6.45) is 6.58. The molecule has 2 aromatic heterocycles. The van der Waals surface area contributed by atoms with Gasteiger partial charge in [-0.1, -0.05) is 0 Å². The Balaban J connectivity index is 1.30. The first-order valence-electron chi connectivity index (χ1n) is 7.34. The van der Waals surface area contributed by atoms with Gasteiger partial charge in [-0.3, -0.25) is 14.7 Å². The molecule has 22 heavy (non-hydrogen) atoms. The Morgan fingerprint density at radius 1 is 1.45 bits per heavy atom. The van der Waals surface area contributed by atoms with Crippen molar-refractivity contribution >= 4 is 17.5 Å². The number of carbonyl (C=O) groups excluding carboxylic acids is 2. The van der Waals surface area contributed by atoms with Gasteiger partial charge in [0.05, 0.1) is 18.1 Å². The van der Waals surface area contributed by atoms with E-state index in [1.807, 2.05) is 12.1 Å². The highest BCUT2D eigenvalue weighted by atomic mass is 16.3. The maximum absolute atomic E-state index is 11.9. The summed E-state index contributed by atoms with van der Waals surface area (Å²) in [5.74, 6) is 1.04. The van der Waals surface area contributed by atoms with Crippen LogP contribution in [0.5, 0.6) is 0 Å². The highest BCUT2D eigenvalue weighted by Crippen LogP contribution is 2.47. The van der Waals surface area contributed by atoms with Crippen molar-refractivity contribution in [1.29, 1.82) is 0 Å². The number of H-pyrrole nitrogens is 1. The molecule has 7 nitrogen and oxygen atoms in total. The number of amides is 2. The predicted octanol–water partition coefficient (Wildman–Crippen LogP) is 1.64. The van der Waals surface area contributed by atoms with Crippen molar-refractivity contribution in [2.45, 2.75) is 25.2 Å². The lowest BCUT2D eigenvalue weighted by atomic mass is 10.2. The van der Waals surface area contributed by atoms with Crippen LogP contribution in [0.1, 0.15) is 30.9 Å². The van der Waals surface area contributed by atoms with Gasteiger partial charge in [0.2, 0.25) is 11.8 Å². The first kappa shape index (κ1) is 14.4. The number of nitrogens with zero attached hydrogens (tertiary/aromatic N) is 1. The maximum Gasteiger partial charge on any atom is 0.224 e. The number of hydrogen-bond donors (Lipinski definition) is 3. The fourth-order valence-corrected chi connectivity index (χ4v) is 2.44. The van der Waals surface area contributed by atoms with Gasteiger partial charge in [0.25, 0.3) is 0 Å². The summed E-state index contributed by atoms with van der Waals surface area (Å²) >= 11 is 0. The summed E-state index contributed by atoms with van der Waals surface area (Å²) in [5, 5.41) is 12.0. The van der Waals surface area contributed by atoms with Gasteiger partial charge < -0.3 is 15.1 Å². The van der Waals surface area contributed by atoms with Crippen LogP contribution in [-0.2, 0) is 9.59 Å². The first-order chi connectivity index (χ1) is 10.7. The zero-order chi connectivity index (χ0) is 15.4. The lowest BCUT2D eigenvalue weighted by Gasteiger charge is -2.05. The lowest BCUT2D eigenvalue weighted by Crippen LogP contribution is -2.27. The van der Waals surface area contributed by atoms with Crippen LogP contribution in [0.2, 0.25) is 0 Å². The second-order valence-corrected chi connectivity index (χ2v) is 5.39. The molecule has 1 fully saturated rings. The van der Waals surface area contributed by atoms with Crippen molar-refractivity contribution < 1.29 is 14.0 Å². The second kappa shape index (κ2) is 6.46. The molecular weight excluding hydrogens is 284 g/mol. The van der Waals surface area contributed by atoms with Crippen LogP contribution >= 0.6 is 0 Å². The number of hydrogen-bond acceptors (Lipinski definition) is 4. The van der Waals surface area contributed by atoms with Crippen LogP contribution in [0.25, 0.3) is 0 Å². The van der Waals surface area contributed by atoms with Gasteiger partial charge in [-0.15, -0.1) is 0 Å². The topological polar surface area (TPSA) is 100 Å². The third kappa shape index (κ3) is 3.55. The van der Waals surface area contributed by atoms with E-state index >= 15 is 0 Å². The summed E-state index contributed by atoms with van der Waals surface area (Å²) in [4.78, 5) is 23.6. The second-order valence-electron chi connectivity index (χ2n) is 5.39. The van der Waals surface area contributed by atoms with Crippen molar-refractivity contribution in [3.63, 3.8) is 0 Å². The van der Waals surface area contributed by atoms with Crippen LogP contribution in [0.3, 0.4) is 0 Å². The molecule has 3 N–H and O–H groups in total. The molecule has 116 valence electrons. The normalized spacial score (nSPS) is 19.6. The predicted molar refractivity (Wildman–Crippen MR) is 79.0 cm³/mol. The van der Waals surface area contributed by atoms with E-state index in [1.165, 1.54) is 0 Å². The number of aromatic nitrogens is 2. The quantitative estimate of drug-likeness (QED) is 0.677. The fraction of sp³-hybridized carbons (Fsp3) is 0.400. The molecule has 0 spiro atoms. The minimum absolute atomic E-state index is 0.00547. The number of nitrogens with one attached hydrogen (secondary N) is 3. The highest BCUT2D eigenvalue weighted by molar-refractivity contribution is 5.90. The zero-order valence-corrected chi connectivity index (χ0v) is 12.0. The Morgan fingerprint density at radius 2 is 2.36 bits per heavy atom. The summed E-state index contributed by atoms with van der Waals surface area (Å²) in [6.45, 7) is 0.499. The van der Waals surface area contributed by atoms with Crippen molar-refractivity contribution in [3.05, 3.63) is 36.5 Å². The summed E-state index contributed by atoms with van der Waals surface area (Å²) < 4.78 is 5.30. The molecule has 3 rings (SSSR count). The van der Waals surface area contributed by atoms with E-state index < -0.39 is 0 Å². The van der Waals surface area contributed by atoms with Gasteiger partial charge in [-0.2, -0.15) is 5.10 Å². The molecule has 2 atom stereocenters. The van der Waals surface area contributed by atoms with Crippen LogP contribution in [-0.4, -0.2) is 28.6 Å². The van der Waals surface area contributed by atoms with Gasteiger partial charge in [0.15, 0.2) is 0 Å². The van der Waals surface area contributed by atoms with E-state index in [1.54, 1.807) is 18.7 Å². The minimum Gasteiger partial charge on any atom is -0.469 e. The van der Waals surface area contributed by atoms with Crippen molar-refractivity contribution in [3.8, 4) is 0 Å². The average Bonchev–Trinajstić information content (AvgIpc) is 2.93. The molecule has 0 radical (unpaired) electrons. The number of aromatic amines is 1. The molecule has 2 amide bonds. The molecule has 1 aliphatic carbocycles. The molecule has 1 aliphatic rings. The maximum atomic E-state index is 11.9. The van der Waals surface area contributed by atoms with Gasteiger partial charge in [-0.05, 0) is 25.0 Å². The van der Waals surface area contributed by atoms with Crippen LogP contribution in [0, 0.1) is 5.92 Å². The molecule has 2 heterocycles. The largest absolute Gasteiger partial charge is 0.469 e. The first-order valence-corrected chi connectivity index (χ1v) is 7.34. The monoisotopic (exact) mass is 302 g/mol. The number of furan rings is 1. The van der Waals surface area contributed by atoms with Crippen molar-refractivity contribution in [2.75, 3.05) is 11.9 Å². The van der Waals surface area contributed by atoms with Gasteiger partial charge >= 0.3 is 0 Å². The third-order valence-corrected chi connectivity index (χ3v) is 3.70. The SMILES string of the molecule is O=C(CCCNC(=O)C1CC1c1ccco1)Nc1cn[nH]c1. The van der Waals surface area contributed by atoms with E-state index in [2.05, 4.69) is 20.8 Å². The molecule has 2 aromatic rings. The number of anilines is 1. The Hall–Kier alpha value is -2.57. The molecule has 1 saturated carbocycles. The Morgan fingerprint density at radius 3 is 3.09 bits per heavy atom. The van der Waals surface area contributed by atoms with Crippen LogP contribution in [0.4, 0.5) is 5.69 Å². The molecule has 2 unspecified atom stereocenters. The van der Waals surface area contributed by atoms with Crippen LogP contribution in [0.15, 0.2) is 35.2 Å². The van der Waals surface area contributed by atoms with E-state index in [4.69, 9.17) is 4.42 Å². The van der Waals surface area contributed by atoms with E-state index in [9.17, 15) is 9.59 Å². The summed E-state index contributed by atoms with van der Waals surface area (Å²) in [6, 6.07) is 3.74. The molecular formula is C15H18N4O3. The smallest absolute Gasteiger partial charge is 0.224 e. The van der Waals surface area contributed by atoms with Crippen molar-refractivity contribution in [2.24, 2.45) is 5.92 Å². The van der Waals surface area contributed by atoms with E-state index in [-0.39, 0.29) is 23.7 Å². The molecule has 0 saturated heterocycles. The lowest BCUT2D eigenvalue weighted by molar-refractivity contribution is -0.122. The Labute approximate surface area is 127 Å². The number of carbonyl (C=O) groups is 2. The van der Waals surface area contributed by atoms with Crippen molar-refractivity contribution in [1.82, 2.24) is 15.5 Å². The molecule has 0 bridgehead atoms. The van der Waals surface area contributed by atoms with Gasteiger partial charge in [0.1, 0.15) is 5.76 Å². The standard InChI is InChI=1S/C15H18N4O3/c20-14(19-10-8-17-18-9-10)4-1-5-16-15(21)12-7-11(12)13-3-2-6-22-13/h2-3,6,8-9,11-12H,1,4-5,7H2,(H,16,21)(H,17,18)(H,19,20). The fourth-order valence-electron chi connectivity index (χ4n) is 2.44. The highest BCUT2D eigenvalue weighted by Gasteiger charge is 2.45. The Kier molecular flexibility index (Phi) is 4.22.